The number of fused-ring (bicyclic) bond motifs is 3. The molecule has 4 rings (SSSR count). The van der Waals surface area contributed by atoms with E-state index in [-0.39, 0.29) is 51.7 Å². The minimum absolute atomic E-state index is 0.0797. The van der Waals surface area contributed by atoms with Crippen LogP contribution < -0.4 is 0 Å². The van der Waals surface area contributed by atoms with Gasteiger partial charge in [0.25, 0.3) is 0 Å². The molecule has 0 bridgehead atoms. The molecule has 2 saturated heterocycles. The molecule has 0 radical (unpaired) electrons. The Bertz CT molecular complexity index is 770. The number of halogens is 1. The minimum Gasteiger partial charge on any atom is -0.458 e. The molecular formula is C28H45ClO4. The Kier molecular flexibility index (Phi) is 6.59. The highest BCUT2D eigenvalue weighted by atomic mass is 35.5. The largest absolute Gasteiger partial charge is 0.458 e. The summed E-state index contributed by atoms with van der Waals surface area (Å²) in [5.74, 6) is 1.35. The fourth-order valence-electron chi connectivity index (χ4n) is 8.80. The molecule has 0 unspecified atom stereocenters. The quantitative estimate of drug-likeness (QED) is 0.256. The maximum atomic E-state index is 11.5. The van der Waals surface area contributed by atoms with E-state index in [1.165, 1.54) is 26.2 Å². The second-order valence-electron chi connectivity index (χ2n) is 12.8. The summed E-state index contributed by atoms with van der Waals surface area (Å²) in [6, 6.07) is 0. The van der Waals surface area contributed by atoms with E-state index in [2.05, 4.69) is 41.2 Å². The third-order valence-electron chi connectivity index (χ3n) is 10.4. The summed E-state index contributed by atoms with van der Waals surface area (Å²) in [6.45, 7) is 19.5. The summed E-state index contributed by atoms with van der Waals surface area (Å²) in [6.07, 6.45) is 9.20. The van der Waals surface area contributed by atoms with Crippen molar-refractivity contribution in [3.63, 3.8) is 0 Å². The molecule has 2 heterocycles. The lowest BCUT2D eigenvalue weighted by Crippen LogP contribution is -2.65. The summed E-state index contributed by atoms with van der Waals surface area (Å²) < 4.78 is 18.8. The summed E-state index contributed by atoms with van der Waals surface area (Å²) in [5, 5.41) is -0.204. The fourth-order valence-corrected chi connectivity index (χ4v) is 9.23. The zero-order valence-electron chi connectivity index (χ0n) is 21.8. The predicted molar refractivity (Wildman–Crippen MR) is 132 cm³/mol. The Hall–Kier alpha value is -0.580. The lowest BCUT2D eigenvalue weighted by Gasteiger charge is -2.67. The van der Waals surface area contributed by atoms with Gasteiger partial charge in [-0.1, -0.05) is 26.8 Å². The number of hydrogen-bond donors (Lipinski definition) is 0. The third kappa shape index (κ3) is 4.20. The molecule has 0 aromatic carbocycles. The lowest BCUT2D eigenvalue weighted by atomic mass is 9.42. The maximum Gasteiger partial charge on any atom is 0.303 e. The van der Waals surface area contributed by atoms with Gasteiger partial charge in [-0.15, -0.1) is 18.2 Å². The molecule has 10 atom stereocenters. The van der Waals surface area contributed by atoms with Crippen LogP contribution >= 0.6 is 11.6 Å². The van der Waals surface area contributed by atoms with Gasteiger partial charge in [-0.3, -0.25) is 4.79 Å². The van der Waals surface area contributed by atoms with Crippen molar-refractivity contribution in [2.75, 3.05) is 0 Å². The van der Waals surface area contributed by atoms with Crippen LogP contribution in [-0.4, -0.2) is 40.9 Å². The van der Waals surface area contributed by atoms with Gasteiger partial charge in [-0.2, -0.15) is 0 Å². The third-order valence-corrected chi connectivity index (χ3v) is 10.8. The molecule has 4 nitrogen and oxygen atoms in total. The molecule has 4 aliphatic rings. The van der Waals surface area contributed by atoms with Crippen molar-refractivity contribution >= 4 is 17.6 Å². The molecule has 2 saturated carbocycles. The summed E-state index contributed by atoms with van der Waals surface area (Å²) in [5.41, 5.74) is 0.115. The normalized spacial score (nSPS) is 51.7. The van der Waals surface area contributed by atoms with Crippen molar-refractivity contribution in [3.05, 3.63) is 12.7 Å². The van der Waals surface area contributed by atoms with Gasteiger partial charge >= 0.3 is 5.97 Å². The van der Waals surface area contributed by atoms with Crippen LogP contribution in [0.25, 0.3) is 0 Å². The predicted octanol–water partition coefficient (Wildman–Crippen LogP) is 6.69. The first-order valence-electron chi connectivity index (χ1n) is 13.1. The Labute approximate surface area is 206 Å². The Morgan fingerprint density at radius 1 is 1.06 bits per heavy atom. The molecule has 0 N–H and O–H groups in total. The highest BCUT2D eigenvalue weighted by molar-refractivity contribution is 6.21. The van der Waals surface area contributed by atoms with Gasteiger partial charge in [0.05, 0.1) is 28.8 Å². The first kappa shape index (κ1) is 25.5. The number of ether oxygens (including phenoxy) is 3. The molecule has 2 aliphatic heterocycles. The van der Waals surface area contributed by atoms with E-state index in [0.717, 1.165) is 25.7 Å². The highest BCUT2D eigenvalue weighted by Gasteiger charge is 2.64. The monoisotopic (exact) mass is 480 g/mol. The van der Waals surface area contributed by atoms with Gasteiger partial charge < -0.3 is 14.2 Å². The number of esters is 1. The highest BCUT2D eigenvalue weighted by Crippen LogP contribution is 2.67. The van der Waals surface area contributed by atoms with E-state index in [1.807, 2.05) is 13.0 Å². The van der Waals surface area contributed by atoms with E-state index in [9.17, 15) is 4.79 Å². The van der Waals surface area contributed by atoms with Crippen molar-refractivity contribution in [2.45, 2.75) is 128 Å². The summed E-state index contributed by atoms with van der Waals surface area (Å²) >= 11 is 6.76. The second kappa shape index (κ2) is 8.52. The van der Waals surface area contributed by atoms with Gasteiger partial charge in [0.2, 0.25) is 0 Å². The molecule has 4 fully saturated rings. The van der Waals surface area contributed by atoms with Crippen molar-refractivity contribution in [2.24, 2.45) is 28.6 Å². The van der Waals surface area contributed by atoms with Gasteiger partial charge in [-0.05, 0) is 94.3 Å². The van der Waals surface area contributed by atoms with Gasteiger partial charge in [0, 0.05) is 6.92 Å². The number of alkyl halides is 1. The standard InChI is InChI=1S/C28H45ClO4/c1-9-26(6)13-11-23-27(7)14-10-19(25(4,5)22(27)12-15-28(23,8)33-26)21-16-20(29)24(17(2)31-21)32-18(3)30/h9,17,19-24H,1,10-16H2,2-8H3/t17-,19-,20-,21+,22+,23-,24-,26-,27+,28-/m0/s1. The maximum absolute atomic E-state index is 11.5. The molecule has 188 valence electrons. The minimum atomic E-state index is -0.369. The van der Waals surface area contributed by atoms with Gasteiger partial charge in [0.1, 0.15) is 6.10 Å². The number of carbonyl (C=O) groups is 1. The molecule has 0 aromatic heterocycles. The Balaban J connectivity index is 1.54. The van der Waals surface area contributed by atoms with Crippen LogP contribution in [0.1, 0.15) is 93.4 Å². The van der Waals surface area contributed by atoms with Crippen LogP contribution in [0.3, 0.4) is 0 Å². The molecule has 0 aromatic rings. The molecular weight excluding hydrogens is 436 g/mol. The molecule has 2 aliphatic carbocycles. The molecule has 5 heteroatoms. The van der Waals surface area contributed by atoms with Gasteiger partial charge in [0.15, 0.2) is 0 Å². The number of rotatable bonds is 3. The zero-order valence-corrected chi connectivity index (χ0v) is 22.5. The summed E-state index contributed by atoms with van der Waals surface area (Å²) in [7, 11) is 0. The van der Waals surface area contributed by atoms with Crippen LogP contribution in [0, 0.1) is 28.6 Å². The first-order valence-corrected chi connectivity index (χ1v) is 13.5. The van der Waals surface area contributed by atoms with Crippen LogP contribution in [0.4, 0.5) is 0 Å². The summed E-state index contributed by atoms with van der Waals surface area (Å²) in [4.78, 5) is 11.5. The van der Waals surface area contributed by atoms with Crippen molar-refractivity contribution < 1.29 is 19.0 Å². The lowest BCUT2D eigenvalue weighted by molar-refractivity contribution is -0.266. The van der Waals surface area contributed by atoms with Crippen LogP contribution in [0.15, 0.2) is 12.7 Å². The average molecular weight is 481 g/mol. The van der Waals surface area contributed by atoms with E-state index >= 15 is 0 Å². The van der Waals surface area contributed by atoms with Crippen molar-refractivity contribution in [1.29, 1.82) is 0 Å². The van der Waals surface area contributed by atoms with Gasteiger partial charge in [-0.25, -0.2) is 0 Å². The Morgan fingerprint density at radius 2 is 1.73 bits per heavy atom. The van der Waals surface area contributed by atoms with Crippen LogP contribution in [0.2, 0.25) is 0 Å². The topological polar surface area (TPSA) is 44.8 Å². The second-order valence-corrected chi connectivity index (χ2v) is 13.4. The van der Waals surface area contributed by atoms with Crippen molar-refractivity contribution in [1.82, 2.24) is 0 Å². The number of hydrogen-bond acceptors (Lipinski definition) is 4. The Morgan fingerprint density at radius 3 is 2.33 bits per heavy atom. The molecule has 33 heavy (non-hydrogen) atoms. The molecule has 0 amide bonds. The smallest absolute Gasteiger partial charge is 0.303 e. The first-order chi connectivity index (χ1) is 15.3. The fraction of sp³-hybridized carbons (Fsp3) is 0.893. The van der Waals surface area contributed by atoms with E-state index in [0.29, 0.717) is 17.8 Å². The van der Waals surface area contributed by atoms with Crippen LogP contribution in [-0.2, 0) is 19.0 Å². The van der Waals surface area contributed by atoms with E-state index in [1.54, 1.807) is 0 Å². The average Bonchev–Trinajstić information content (AvgIpc) is 2.69. The van der Waals surface area contributed by atoms with E-state index < -0.39 is 0 Å². The number of carbonyl (C=O) groups excluding carboxylic acids is 1. The zero-order chi connectivity index (χ0) is 24.4. The van der Waals surface area contributed by atoms with Crippen molar-refractivity contribution in [3.8, 4) is 0 Å². The van der Waals surface area contributed by atoms with E-state index in [4.69, 9.17) is 25.8 Å². The van der Waals surface area contributed by atoms with Crippen LogP contribution in [0.5, 0.6) is 0 Å². The molecule has 0 spiro atoms. The SMILES string of the molecule is C=C[C@@]1(C)CC[C@H]2[C@]3(C)CC[C@@H]([C@H]4C[C@H](Cl)[C@@H](OC(C)=O)[C@H](C)O4)C(C)(C)[C@H]3CC[C@]2(C)O1.